The van der Waals surface area contributed by atoms with E-state index in [0.29, 0.717) is 5.69 Å². The van der Waals surface area contributed by atoms with Crippen molar-refractivity contribution in [2.45, 2.75) is 20.3 Å². The predicted molar refractivity (Wildman–Crippen MR) is 100 cm³/mol. The van der Waals surface area contributed by atoms with Crippen LogP contribution < -0.4 is 5.73 Å². The van der Waals surface area contributed by atoms with Crippen molar-refractivity contribution in [2.24, 2.45) is 5.41 Å². The summed E-state index contributed by atoms with van der Waals surface area (Å²) in [5, 5.41) is 0. The molecule has 0 radical (unpaired) electrons. The van der Waals surface area contributed by atoms with Crippen LogP contribution in [0, 0.1) is 17.8 Å². The maximum atomic E-state index is 11.4. The molecule has 1 heterocycles. The summed E-state index contributed by atoms with van der Waals surface area (Å²) in [5.74, 6) is 2.31. The summed E-state index contributed by atoms with van der Waals surface area (Å²) in [7, 11) is 1.43. The van der Waals surface area contributed by atoms with Crippen molar-refractivity contribution < 1.29 is 9.53 Å². The smallest absolute Gasteiger partial charge is 0.311 e. The molecule has 2 rings (SSSR count). The summed E-state index contributed by atoms with van der Waals surface area (Å²) in [6.45, 7) is 3.79. The quantitative estimate of drug-likeness (QED) is 0.474. The zero-order valence-electron chi connectivity index (χ0n) is 13.4. The summed E-state index contributed by atoms with van der Waals surface area (Å²) >= 11 is 5.05. The van der Waals surface area contributed by atoms with Crippen LogP contribution in [0.4, 0.5) is 5.69 Å². The maximum Gasteiger partial charge on any atom is 0.311 e. The Bertz CT molecular complexity index is 701. The Balaban J connectivity index is 0.000000253. The van der Waals surface area contributed by atoms with Crippen LogP contribution in [0.2, 0.25) is 0 Å². The summed E-state index contributed by atoms with van der Waals surface area (Å²) in [4.78, 5) is 12.6. The van der Waals surface area contributed by atoms with Crippen LogP contribution in [0.15, 0.2) is 40.2 Å². The first-order valence-corrected chi connectivity index (χ1v) is 8.55. The van der Waals surface area contributed by atoms with Crippen molar-refractivity contribution in [3.05, 3.63) is 50.6 Å². The molecule has 5 heteroatoms. The topological polar surface area (TPSA) is 52.3 Å². The van der Waals surface area contributed by atoms with Gasteiger partial charge >= 0.3 is 5.97 Å². The van der Waals surface area contributed by atoms with Crippen LogP contribution in [-0.2, 0) is 16.0 Å². The molecule has 0 aliphatic rings. The van der Waals surface area contributed by atoms with Gasteiger partial charge in [0.2, 0.25) is 0 Å². The SMILES string of the molecule is C#Cc1ccccc1N.COC(=O)C(C)(C)Cc1ccc(Br)s1. The van der Waals surface area contributed by atoms with E-state index in [9.17, 15) is 4.79 Å². The van der Waals surface area contributed by atoms with Crippen molar-refractivity contribution in [2.75, 3.05) is 12.8 Å². The zero-order chi connectivity index (χ0) is 17.5. The first-order chi connectivity index (χ1) is 10.8. The van der Waals surface area contributed by atoms with Gasteiger partial charge in [0.25, 0.3) is 0 Å². The Morgan fingerprint density at radius 2 is 2.00 bits per heavy atom. The van der Waals surface area contributed by atoms with Gasteiger partial charge in [-0.3, -0.25) is 4.79 Å². The molecule has 0 aliphatic heterocycles. The Labute approximate surface area is 150 Å². The van der Waals surface area contributed by atoms with E-state index in [1.165, 1.54) is 12.0 Å². The number of thiophene rings is 1. The third-order valence-electron chi connectivity index (χ3n) is 3.10. The molecule has 0 spiro atoms. The highest BCUT2D eigenvalue weighted by atomic mass is 79.9. The molecule has 0 bridgehead atoms. The van der Waals surface area contributed by atoms with Crippen LogP contribution in [-0.4, -0.2) is 13.1 Å². The molecule has 0 saturated carbocycles. The minimum Gasteiger partial charge on any atom is -0.469 e. The number of nitrogens with two attached hydrogens (primary N) is 1. The monoisotopic (exact) mass is 393 g/mol. The van der Waals surface area contributed by atoms with Crippen molar-refractivity contribution in [3.8, 4) is 12.3 Å². The molecule has 0 unspecified atom stereocenters. The molecule has 2 aromatic rings. The van der Waals surface area contributed by atoms with Gasteiger partial charge in [-0.25, -0.2) is 0 Å². The second-order valence-electron chi connectivity index (χ2n) is 5.49. The van der Waals surface area contributed by atoms with E-state index in [1.807, 2.05) is 44.2 Å². The maximum absolute atomic E-state index is 11.4. The van der Waals surface area contributed by atoms with Gasteiger partial charge in [-0.05, 0) is 60.5 Å². The highest BCUT2D eigenvalue weighted by Crippen LogP contribution is 2.29. The number of carbonyl (C=O) groups excluding carboxylic acids is 1. The van der Waals surface area contributed by atoms with Crippen molar-refractivity contribution in [1.29, 1.82) is 0 Å². The normalized spacial score (nSPS) is 10.2. The van der Waals surface area contributed by atoms with Crippen LogP contribution >= 0.6 is 27.3 Å². The number of hydrogen-bond acceptors (Lipinski definition) is 4. The van der Waals surface area contributed by atoms with Gasteiger partial charge in [-0.1, -0.05) is 18.1 Å². The molecule has 122 valence electrons. The molecule has 1 aromatic carbocycles. The van der Waals surface area contributed by atoms with Gasteiger partial charge in [0.1, 0.15) is 0 Å². The van der Waals surface area contributed by atoms with Gasteiger partial charge in [0.05, 0.1) is 16.3 Å². The predicted octanol–water partition coefficient (Wildman–Crippen LogP) is 4.50. The lowest BCUT2D eigenvalue weighted by Crippen LogP contribution is -2.27. The fourth-order valence-corrected chi connectivity index (χ4v) is 3.57. The number of para-hydroxylation sites is 1. The molecule has 1 aromatic heterocycles. The average Bonchev–Trinajstić information content (AvgIpc) is 2.91. The van der Waals surface area contributed by atoms with E-state index in [1.54, 1.807) is 17.4 Å². The van der Waals surface area contributed by atoms with Gasteiger partial charge in [-0.15, -0.1) is 17.8 Å². The second-order valence-corrected chi connectivity index (χ2v) is 8.04. The van der Waals surface area contributed by atoms with Crippen LogP contribution in [0.5, 0.6) is 0 Å². The lowest BCUT2D eigenvalue weighted by atomic mass is 9.89. The number of ether oxygens (including phenoxy) is 1. The minimum atomic E-state index is -0.445. The minimum absolute atomic E-state index is 0.165. The number of benzene rings is 1. The van der Waals surface area contributed by atoms with Gasteiger partial charge in [0, 0.05) is 16.1 Å². The Hall–Kier alpha value is -1.77. The first-order valence-electron chi connectivity index (χ1n) is 6.94. The number of carbonyl (C=O) groups is 1. The largest absolute Gasteiger partial charge is 0.469 e. The number of terminal acetylenes is 1. The Kier molecular flexibility index (Phi) is 7.34. The highest BCUT2D eigenvalue weighted by molar-refractivity contribution is 9.11. The van der Waals surface area contributed by atoms with Crippen molar-refractivity contribution in [3.63, 3.8) is 0 Å². The Morgan fingerprint density at radius 1 is 1.35 bits per heavy atom. The van der Waals surface area contributed by atoms with E-state index in [4.69, 9.17) is 16.9 Å². The Morgan fingerprint density at radius 3 is 2.43 bits per heavy atom. The molecule has 0 saturated heterocycles. The molecule has 0 aliphatic carbocycles. The number of hydrogen-bond donors (Lipinski definition) is 1. The number of esters is 1. The van der Waals surface area contributed by atoms with E-state index in [2.05, 4.69) is 21.9 Å². The zero-order valence-corrected chi connectivity index (χ0v) is 15.8. The van der Waals surface area contributed by atoms with Crippen molar-refractivity contribution in [1.82, 2.24) is 0 Å². The number of nitrogen functional groups attached to an aromatic ring is 1. The number of anilines is 1. The number of halogens is 1. The van der Waals surface area contributed by atoms with Gasteiger partial charge in [-0.2, -0.15) is 0 Å². The van der Waals surface area contributed by atoms with Crippen LogP contribution in [0.3, 0.4) is 0 Å². The van der Waals surface area contributed by atoms with E-state index in [-0.39, 0.29) is 5.97 Å². The molecule has 0 amide bonds. The summed E-state index contributed by atoms with van der Waals surface area (Å²) in [6, 6.07) is 11.3. The van der Waals surface area contributed by atoms with Crippen LogP contribution in [0.1, 0.15) is 24.3 Å². The lowest BCUT2D eigenvalue weighted by molar-refractivity contribution is -0.150. The van der Waals surface area contributed by atoms with Gasteiger partial charge < -0.3 is 10.5 Å². The fourth-order valence-electron chi connectivity index (χ4n) is 1.86. The van der Waals surface area contributed by atoms with Crippen LogP contribution in [0.25, 0.3) is 0 Å². The third-order valence-corrected chi connectivity index (χ3v) is 4.72. The molecule has 2 N–H and O–H groups in total. The summed E-state index contributed by atoms with van der Waals surface area (Å²) in [5.41, 5.74) is 6.47. The molecule has 3 nitrogen and oxygen atoms in total. The summed E-state index contributed by atoms with van der Waals surface area (Å²) < 4.78 is 5.84. The van der Waals surface area contributed by atoms with E-state index < -0.39 is 5.41 Å². The third kappa shape index (κ3) is 6.09. The highest BCUT2D eigenvalue weighted by Gasteiger charge is 2.29. The molecular weight excluding hydrogens is 374 g/mol. The first kappa shape index (κ1) is 19.3. The lowest BCUT2D eigenvalue weighted by Gasteiger charge is -2.20. The van der Waals surface area contributed by atoms with Gasteiger partial charge in [0.15, 0.2) is 0 Å². The molecule has 0 fully saturated rings. The molecule has 23 heavy (non-hydrogen) atoms. The van der Waals surface area contributed by atoms with E-state index in [0.717, 1.165) is 15.8 Å². The summed E-state index contributed by atoms with van der Waals surface area (Å²) in [6.07, 6.45) is 5.84. The average molecular weight is 394 g/mol. The standard InChI is InChI=1S/C10H13BrO2S.C8H7N/c1-10(2,9(12)13-3)6-7-4-5-8(11)14-7;1-2-7-5-3-4-6-8(7)9/h4-5H,6H2,1-3H3;1,3-6H,9H2. The molecular formula is C18H20BrNO2S. The fraction of sp³-hybridized carbons (Fsp3) is 0.278. The second kappa shape index (κ2) is 8.76. The molecule has 0 atom stereocenters. The number of rotatable bonds is 3. The number of methoxy groups -OCH3 is 1. The van der Waals surface area contributed by atoms with Crippen molar-refractivity contribution >= 4 is 38.9 Å². The van der Waals surface area contributed by atoms with E-state index >= 15 is 0 Å².